The Balaban J connectivity index is 2.01. The molecule has 1 aromatic carbocycles. The van der Waals surface area contributed by atoms with Crippen LogP contribution in [0.4, 0.5) is 0 Å². The molecule has 0 fully saturated rings. The van der Waals surface area contributed by atoms with Crippen molar-refractivity contribution in [3.63, 3.8) is 0 Å². The zero-order chi connectivity index (χ0) is 14.4. The summed E-state index contributed by atoms with van der Waals surface area (Å²) < 4.78 is 5.53. The second-order valence-electron chi connectivity index (χ2n) is 4.60. The van der Waals surface area contributed by atoms with E-state index in [4.69, 9.17) is 4.74 Å². The number of H-pyrrole nitrogens is 1. The van der Waals surface area contributed by atoms with Crippen LogP contribution >= 0.6 is 0 Å². The van der Waals surface area contributed by atoms with Gasteiger partial charge in [-0.3, -0.25) is 9.89 Å². The van der Waals surface area contributed by atoms with Gasteiger partial charge in [0.15, 0.2) is 0 Å². The van der Waals surface area contributed by atoms with E-state index in [2.05, 4.69) is 15.5 Å². The fourth-order valence-corrected chi connectivity index (χ4v) is 1.81. The van der Waals surface area contributed by atoms with Gasteiger partial charge in [-0.05, 0) is 31.5 Å². The minimum atomic E-state index is -0.124. The molecule has 106 valence electrons. The van der Waals surface area contributed by atoms with E-state index < -0.39 is 0 Å². The number of hydrogen-bond donors (Lipinski definition) is 2. The van der Waals surface area contributed by atoms with Gasteiger partial charge in [-0.1, -0.05) is 13.0 Å². The van der Waals surface area contributed by atoms with Crippen molar-refractivity contribution in [3.8, 4) is 5.75 Å². The van der Waals surface area contributed by atoms with Gasteiger partial charge in [0.05, 0.1) is 18.8 Å². The van der Waals surface area contributed by atoms with Crippen LogP contribution in [0.1, 0.15) is 42.2 Å². The number of amides is 1. The highest BCUT2D eigenvalue weighted by atomic mass is 16.5. The summed E-state index contributed by atoms with van der Waals surface area (Å²) >= 11 is 0. The summed E-state index contributed by atoms with van der Waals surface area (Å²) in [5, 5.41) is 9.54. The Morgan fingerprint density at radius 1 is 1.50 bits per heavy atom. The van der Waals surface area contributed by atoms with Crippen molar-refractivity contribution < 1.29 is 9.53 Å². The lowest BCUT2D eigenvalue weighted by Crippen LogP contribution is -2.26. The highest BCUT2D eigenvalue weighted by Gasteiger charge is 2.12. The molecular formula is C15H19N3O2. The van der Waals surface area contributed by atoms with Gasteiger partial charge in [-0.15, -0.1) is 0 Å². The zero-order valence-electron chi connectivity index (χ0n) is 11.7. The van der Waals surface area contributed by atoms with Gasteiger partial charge in [0, 0.05) is 17.3 Å². The van der Waals surface area contributed by atoms with E-state index in [0.29, 0.717) is 12.2 Å². The first-order valence-corrected chi connectivity index (χ1v) is 6.73. The molecular weight excluding hydrogens is 254 g/mol. The quantitative estimate of drug-likeness (QED) is 0.850. The number of aromatic amines is 1. The number of benzene rings is 1. The molecule has 1 amide bonds. The molecule has 2 aromatic rings. The van der Waals surface area contributed by atoms with Crippen molar-refractivity contribution in [3.05, 3.63) is 47.8 Å². The predicted octanol–water partition coefficient (Wildman–Crippen LogP) is 2.69. The van der Waals surface area contributed by atoms with Gasteiger partial charge >= 0.3 is 0 Å². The summed E-state index contributed by atoms with van der Waals surface area (Å²) in [5.74, 6) is 0.594. The first kappa shape index (κ1) is 14.1. The predicted molar refractivity (Wildman–Crippen MR) is 76.7 cm³/mol. The second kappa shape index (κ2) is 6.75. The smallest absolute Gasteiger partial charge is 0.251 e. The first-order valence-electron chi connectivity index (χ1n) is 6.73. The van der Waals surface area contributed by atoms with Crippen molar-refractivity contribution >= 4 is 5.91 Å². The maximum atomic E-state index is 12.2. The highest BCUT2D eigenvalue weighted by Crippen LogP contribution is 2.15. The van der Waals surface area contributed by atoms with Gasteiger partial charge in [0.25, 0.3) is 5.91 Å². The third-order valence-corrected chi connectivity index (χ3v) is 2.94. The minimum absolute atomic E-state index is 0.0959. The van der Waals surface area contributed by atoms with Crippen molar-refractivity contribution in [2.75, 3.05) is 6.61 Å². The van der Waals surface area contributed by atoms with Crippen molar-refractivity contribution in [1.29, 1.82) is 0 Å². The zero-order valence-corrected chi connectivity index (χ0v) is 11.7. The van der Waals surface area contributed by atoms with Gasteiger partial charge in [0.1, 0.15) is 5.75 Å². The largest absolute Gasteiger partial charge is 0.494 e. The second-order valence-corrected chi connectivity index (χ2v) is 4.60. The van der Waals surface area contributed by atoms with Crippen LogP contribution in [0.5, 0.6) is 5.75 Å². The van der Waals surface area contributed by atoms with Crippen molar-refractivity contribution in [2.24, 2.45) is 0 Å². The third-order valence-electron chi connectivity index (χ3n) is 2.94. The Kier molecular flexibility index (Phi) is 4.76. The van der Waals surface area contributed by atoms with Crippen LogP contribution in [0.3, 0.4) is 0 Å². The topological polar surface area (TPSA) is 67.0 Å². The first-order chi connectivity index (χ1) is 9.70. The average Bonchev–Trinajstić information content (AvgIpc) is 2.99. The molecule has 0 saturated carbocycles. The summed E-state index contributed by atoms with van der Waals surface area (Å²) in [4.78, 5) is 12.2. The van der Waals surface area contributed by atoms with Gasteiger partial charge in [0.2, 0.25) is 0 Å². The SMILES string of the molecule is CCCOc1cccc(C(=O)NC(C)c2cn[nH]c2)c1. The molecule has 0 aliphatic heterocycles. The number of nitrogens with one attached hydrogen (secondary N) is 2. The molecule has 0 aliphatic carbocycles. The van der Waals surface area contributed by atoms with E-state index >= 15 is 0 Å². The van der Waals surface area contributed by atoms with Crippen LogP contribution < -0.4 is 10.1 Å². The Bertz CT molecular complexity index is 552. The number of aromatic nitrogens is 2. The lowest BCUT2D eigenvalue weighted by Gasteiger charge is -2.12. The maximum absolute atomic E-state index is 12.2. The van der Waals surface area contributed by atoms with Gasteiger partial charge in [-0.25, -0.2) is 0 Å². The lowest BCUT2D eigenvalue weighted by atomic mass is 10.1. The number of carbonyl (C=O) groups excluding carboxylic acids is 1. The standard InChI is InChI=1S/C15H19N3O2/c1-3-7-20-14-6-4-5-12(8-14)15(19)18-11(2)13-9-16-17-10-13/h4-6,8-11H,3,7H2,1-2H3,(H,16,17)(H,18,19). The molecule has 5 nitrogen and oxygen atoms in total. The van der Waals surface area contributed by atoms with Crippen LogP contribution in [0.2, 0.25) is 0 Å². The molecule has 2 rings (SSSR count). The van der Waals surface area contributed by atoms with E-state index in [0.717, 1.165) is 17.7 Å². The maximum Gasteiger partial charge on any atom is 0.251 e. The van der Waals surface area contributed by atoms with Crippen LogP contribution in [-0.4, -0.2) is 22.7 Å². The number of hydrogen-bond acceptors (Lipinski definition) is 3. The average molecular weight is 273 g/mol. The number of ether oxygens (including phenoxy) is 1. The van der Waals surface area contributed by atoms with Crippen LogP contribution in [0.25, 0.3) is 0 Å². The fourth-order valence-electron chi connectivity index (χ4n) is 1.81. The van der Waals surface area contributed by atoms with E-state index in [1.54, 1.807) is 24.5 Å². The lowest BCUT2D eigenvalue weighted by molar-refractivity contribution is 0.0939. The van der Waals surface area contributed by atoms with Crippen molar-refractivity contribution in [2.45, 2.75) is 26.3 Å². The minimum Gasteiger partial charge on any atom is -0.494 e. The molecule has 5 heteroatoms. The normalized spacial score (nSPS) is 11.9. The van der Waals surface area contributed by atoms with E-state index in [9.17, 15) is 4.79 Å². The molecule has 0 radical (unpaired) electrons. The molecule has 0 aliphatic rings. The van der Waals surface area contributed by atoms with E-state index in [1.165, 1.54) is 0 Å². The fraction of sp³-hybridized carbons (Fsp3) is 0.333. The Labute approximate surface area is 118 Å². The summed E-state index contributed by atoms with van der Waals surface area (Å²) in [7, 11) is 0. The molecule has 1 aromatic heterocycles. The van der Waals surface area contributed by atoms with Crippen LogP contribution in [0, 0.1) is 0 Å². The van der Waals surface area contributed by atoms with E-state index in [-0.39, 0.29) is 11.9 Å². The van der Waals surface area contributed by atoms with E-state index in [1.807, 2.05) is 26.0 Å². The monoisotopic (exact) mass is 273 g/mol. The number of nitrogens with zero attached hydrogens (tertiary/aromatic N) is 1. The molecule has 1 heterocycles. The summed E-state index contributed by atoms with van der Waals surface area (Å²) in [6, 6.07) is 7.11. The van der Waals surface area contributed by atoms with Gasteiger partial charge in [-0.2, -0.15) is 5.10 Å². The van der Waals surface area contributed by atoms with Crippen molar-refractivity contribution in [1.82, 2.24) is 15.5 Å². The number of rotatable bonds is 6. The Morgan fingerprint density at radius 2 is 2.35 bits per heavy atom. The number of carbonyl (C=O) groups is 1. The summed E-state index contributed by atoms with van der Waals surface area (Å²) in [6.07, 6.45) is 4.41. The Hall–Kier alpha value is -2.30. The molecule has 1 unspecified atom stereocenters. The summed E-state index contributed by atoms with van der Waals surface area (Å²) in [5.41, 5.74) is 1.53. The molecule has 1 atom stereocenters. The molecule has 0 bridgehead atoms. The molecule has 0 spiro atoms. The summed E-state index contributed by atoms with van der Waals surface area (Å²) in [6.45, 7) is 4.61. The molecule has 20 heavy (non-hydrogen) atoms. The Morgan fingerprint density at radius 3 is 3.05 bits per heavy atom. The molecule has 2 N–H and O–H groups in total. The van der Waals surface area contributed by atoms with Crippen LogP contribution in [-0.2, 0) is 0 Å². The molecule has 0 saturated heterocycles. The third kappa shape index (κ3) is 3.60. The highest BCUT2D eigenvalue weighted by molar-refractivity contribution is 5.94. The van der Waals surface area contributed by atoms with Crippen LogP contribution in [0.15, 0.2) is 36.7 Å². The van der Waals surface area contributed by atoms with Gasteiger partial charge < -0.3 is 10.1 Å².